The molecule has 0 saturated heterocycles. The number of fused-ring (bicyclic) bond motifs is 1. The highest BCUT2D eigenvalue weighted by molar-refractivity contribution is 6.02. The molecule has 1 aromatic heterocycles. The second-order valence-electron chi connectivity index (χ2n) is 6.72. The van der Waals surface area contributed by atoms with Gasteiger partial charge in [0.15, 0.2) is 0 Å². The minimum absolute atomic E-state index is 0.118. The summed E-state index contributed by atoms with van der Waals surface area (Å²) in [5, 5.41) is 5.57. The van der Waals surface area contributed by atoms with E-state index < -0.39 is 6.04 Å². The molecule has 3 aromatic rings. The standard InChI is InChI=1S/C21H24N4O3/c1-4-28-17-12-8-5-9-14(17)19(26)24-18(13(2)3)20(27)25-21-22-15-10-6-7-11-16(15)23-21/h5-13,18H,4H2,1-3H3,(H,24,26)(H2,22,23,25,27)/t18-/m0/s1. The van der Waals surface area contributed by atoms with Crippen molar-refractivity contribution in [1.82, 2.24) is 15.3 Å². The van der Waals surface area contributed by atoms with Gasteiger partial charge < -0.3 is 15.0 Å². The van der Waals surface area contributed by atoms with Crippen LogP contribution in [-0.2, 0) is 4.79 Å². The molecule has 0 bridgehead atoms. The highest BCUT2D eigenvalue weighted by Gasteiger charge is 2.26. The number of para-hydroxylation sites is 3. The number of carbonyl (C=O) groups is 2. The molecule has 0 fully saturated rings. The molecule has 0 spiro atoms. The maximum absolute atomic E-state index is 12.8. The summed E-state index contributed by atoms with van der Waals surface area (Å²) < 4.78 is 5.51. The van der Waals surface area contributed by atoms with Gasteiger partial charge in [0.1, 0.15) is 11.8 Å². The molecule has 3 rings (SSSR count). The Kier molecular flexibility index (Phi) is 5.93. The first-order chi connectivity index (χ1) is 13.5. The maximum Gasteiger partial charge on any atom is 0.255 e. The fraction of sp³-hybridized carbons (Fsp3) is 0.286. The minimum Gasteiger partial charge on any atom is -0.493 e. The molecular formula is C21H24N4O3. The van der Waals surface area contributed by atoms with E-state index >= 15 is 0 Å². The molecule has 0 aliphatic heterocycles. The van der Waals surface area contributed by atoms with Crippen LogP contribution in [0.5, 0.6) is 5.75 Å². The zero-order chi connectivity index (χ0) is 20.1. The second kappa shape index (κ2) is 8.56. The average molecular weight is 380 g/mol. The zero-order valence-corrected chi connectivity index (χ0v) is 16.2. The Morgan fingerprint density at radius 3 is 2.54 bits per heavy atom. The third-order valence-corrected chi connectivity index (χ3v) is 4.30. The first-order valence-electron chi connectivity index (χ1n) is 9.28. The van der Waals surface area contributed by atoms with Gasteiger partial charge in [0.05, 0.1) is 23.2 Å². The topological polar surface area (TPSA) is 96.1 Å². The third-order valence-electron chi connectivity index (χ3n) is 4.30. The molecule has 0 radical (unpaired) electrons. The molecule has 3 N–H and O–H groups in total. The lowest BCUT2D eigenvalue weighted by atomic mass is 10.0. The molecule has 7 nitrogen and oxygen atoms in total. The van der Waals surface area contributed by atoms with Crippen molar-refractivity contribution in [1.29, 1.82) is 0 Å². The van der Waals surface area contributed by atoms with Crippen molar-refractivity contribution >= 4 is 28.8 Å². The smallest absolute Gasteiger partial charge is 0.255 e. The Bertz CT molecular complexity index is 947. The third kappa shape index (κ3) is 4.31. The summed E-state index contributed by atoms with van der Waals surface area (Å²) in [5.74, 6) is 0.0231. The number of rotatable bonds is 7. The highest BCUT2D eigenvalue weighted by atomic mass is 16.5. The van der Waals surface area contributed by atoms with E-state index in [2.05, 4.69) is 20.6 Å². The molecule has 0 saturated carbocycles. The molecule has 146 valence electrons. The number of nitrogens with zero attached hydrogens (tertiary/aromatic N) is 1. The van der Waals surface area contributed by atoms with Crippen LogP contribution in [0, 0.1) is 5.92 Å². The zero-order valence-electron chi connectivity index (χ0n) is 16.2. The summed E-state index contributed by atoms with van der Waals surface area (Å²) in [6, 6.07) is 13.7. The lowest BCUT2D eigenvalue weighted by Gasteiger charge is -2.21. The molecule has 1 atom stereocenters. The van der Waals surface area contributed by atoms with Crippen LogP contribution < -0.4 is 15.4 Å². The van der Waals surface area contributed by atoms with Crippen molar-refractivity contribution in [3.63, 3.8) is 0 Å². The van der Waals surface area contributed by atoms with Gasteiger partial charge in [-0.3, -0.25) is 14.9 Å². The number of ether oxygens (including phenoxy) is 1. The van der Waals surface area contributed by atoms with E-state index in [1.165, 1.54) is 0 Å². The quantitative estimate of drug-likeness (QED) is 0.586. The van der Waals surface area contributed by atoms with Crippen LogP contribution in [0.15, 0.2) is 48.5 Å². The maximum atomic E-state index is 12.8. The fourth-order valence-corrected chi connectivity index (χ4v) is 2.90. The summed E-state index contributed by atoms with van der Waals surface area (Å²) in [5.41, 5.74) is 1.98. The van der Waals surface area contributed by atoms with Gasteiger partial charge in [-0.15, -0.1) is 0 Å². The summed E-state index contributed by atoms with van der Waals surface area (Å²) in [6.07, 6.45) is 0. The van der Waals surface area contributed by atoms with E-state index in [1.807, 2.05) is 45.0 Å². The Morgan fingerprint density at radius 1 is 1.11 bits per heavy atom. The average Bonchev–Trinajstić information content (AvgIpc) is 3.08. The van der Waals surface area contributed by atoms with Crippen molar-refractivity contribution < 1.29 is 14.3 Å². The van der Waals surface area contributed by atoms with Gasteiger partial charge in [0, 0.05) is 0 Å². The first kappa shape index (κ1) is 19.4. The van der Waals surface area contributed by atoms with Gasteiger partial charge in [0.2, 0.25) is 11.9 Å². The van der Waals surface area contributed by atoms with Crippen LogP contribution in [0.25, 0.3) is 11.0 Å². The van der Waals surface area contributed by atoms with Crippen LogP contribution in [0.4, 0.5) is 5.95 Å². The van der Waals surface area contributed by atoms with Crippen molar-refractivity contribution in [2.45, 2.75) is 26.8 Å². The molecule has 0 aliphatic rings. The number of carbonyl (C=O) groups excluding carboxylic acids is 2. The molecule has 28 heavy (non-hydrogen) atoms. The molecule has 2 amide bonds. The normalized spacial score (nSPS) is 12.0. The first-order valence-corrected chi connectivity index (χ1v) is 9.28. The van der Waals surface area contributed by atoms with Gasteiger partial charge in [-0.1, -0.05) is 38.1 Å². The van der Waals surface area contributed by atoms with Crippen molar-refractivity contribution in [3.05, 3.63) is 54.1 Å². The Balaban J connectivity index is 1.75. The number of nitrogens with one attached hydrogen (secondary N) is 3. The largest absolute Gasteiger partial charge is 0.493 e. The van der Waals surface area contributed by atoms with E-state index in [1.54, 1.807) is 24.3 Å². The van der Waals surface area contributed by atoms with E-state index in [0.29, 0.717) is 23.9 Å². The van der Waals surface area contributed by atoms with E-state index in [0.717, 1.165) is 11.0 Å². The number of hydrogen-bond acceptors (Lipinski definition) is 4. The van der Waals surface area contributed by atoms with Gasteiger partial charge >= 0.3 is 0 Å². The van der Waals surface area contributed by atoms with Crippen LogP contribution in [0.3, 0.4) is 0 Å². The number of anilines is 1. The van der Waals surface area contributed by atoms with E-state index in [9.17, 15) is 9.59 Å². The molecular weight excluding hydrogens is 356 g/mol. The van der Waals surface area contributed by atoms with Crippen molar-refractivity contribution in [2.24, 2.45) is 5.92 Å². The SMILES string of the molecule is CCOc1ccccc1C(=O)N[C@H](C(=O)Nc1nc2ccccc2[nH]1)C(C)C. The number of amides is 2. The fourth-order valence-electron chi connectivity index (χ4n) is 2.90. The number of imidazole rings is 1. The molecule has 2 aromatic carbocycles. The summed E-state index contributed by atoms with van der Waals surface area (Å²) >= 11 is 0. The van der Waals surface area contributed by atoms with Crippen LogP contribution in [0.2, 0.25) is 0 Å². The van der Waals surface area contributed by atoms with Gasteiger partial charge in [-0.25, -0.2) is 4.98 Å². The molecule has 1 heterocycles. The minimum atomic E-state index is -0.726. The van der Waals surface area contributed by atoms with Crippen molar-refractivity contribution in [2.75, 3.05) is 11.9 Å². The number of benzene rings is 2. The predicted octanol–water partition coefficient (Wildman–Crippen LogP) is 3.35. The predicted molar refractivity (Wildman–Crippen MR) is 108 cm³/mol. The number of aromatic amines is 1. The van der Waals surface area contributed by atoms with Gasteiger partial charge in [-0.2, -0.15) is 0 Å². The van der Waals surface area contributed by atoms with Gasteiger partial charge in [-0.05, 0) is 37.1 Å². The lowest BCUT2D eigenvalue weighted by molar-refractivity contribution is -0.118. The summed E-state index contributed by atoms with van der Waals surface area (Å²) in [4.78, 5) is 33.0. The van der Waals surface area contributed by atoms with Gasteiger partial charge in [0.25, 0.3) is 5.91 Å². The Labute approximate surface area is 163 Å². The Hall–Kier alpha value is -3.35. The summed E-state index contributed by atoms with van der Waals surface area (Å²) in [7, 11) is 0. The molecule has 7 heteroatoms. The second-order valence-corrected chi connectivity index (χ2v) is 6.72. The van der Waals surface area contributed by atoms with E-state index in [-0.39, 0.29) is 17.7 Å². The van der Waals surface area contributed by atoms with Crippen LogP contribution in [0.1, 0.15) is 31.1 Å². The number of hydrogen-bond donors (Lipinski definition) is 3. The molecule has 0 unspecified atom stereocenters. The molecule has 0 aliphatic carbocycles. The summed E-state index contributed by atoms with van der Waals surface area (Å²) in [6.45, 7) is 6.05. The number of H-pyrrole nitrogens is 1. The number of aromatic nitrogens is 2. The van der Waals surface area contributed by atoms with Crippen LogP contribution >= 0.6 is 0 Å². The van der Waals surface area contributed by atoms with Crippen LogP contribution in [-0.4, -0.2) is 34.4 Å². The van der Waals surface area contributed by atoms with E-state index in [4.69, 9.17) is 4.74 Å². The highest BCUT2D eigenvalue weighted by Crippen LogP contribution is 2.19. The Morgan fingerprint density at radius 2 is 1.82 bits per heavy atom. The monoisotopic (exact) mass is 380 g/mol. The van der Waals surface area contributed by atoms with Crippen molar-refractivity contribution in [3.8, 4) is 5.75 Å². The lowest BCUT2D eigenvalue weighted by Crippen LogP contribution is -2.47.